The lowest BCUT2D eigenvalue weighted by atomic mass is 10.1. The Labute approximate surface area is 150 Å². The Morgan fingerprint density at radius 1 is 0.875 bits per heavy atom. The third-order valence-corrected chi connectivity index (χ3v) is 3.52. The molecule has 2 aromatic carbocycles. The van der Waals surface area contributed by atoms with Crippen molar-refractivity contribution in [2.75, 3.05) is 0 Å². The minimum atomic E-state index is -0.708. The molecule has 0 heterocycles. The van der Waals surface area contributed by atoms with Crippen LogP contribution in [0.2, 0.25) is 0 Å². The van der Waals surface area contributed by atoms with E-state index in [0.29, 0.717) is 5.56 Å². The van der Waals surface area contributed by atoms with Gasteiger partial charge in [0, 0.05) is 11.1 Å². The van der Waals surface area contributed by atoms with Crippen LogP contribution in [-0.4, -0.2) is 29.0 Å². The van der Waals surface area contributed by atoms with E-state index in [9.17, 15) is 14.4 Å². The lowest BCUT2D eigenvalue weighted by molar-refractivity contribution is -0.131. The van der Waals surface area contributed by atoms with E-state index in [2.05, 4.69) is 20.7 Å². The SMILES string of the molecule is CC(Br)C(=O)c1ccccc1.CC(OC=O)C(=O)c1ccccc1. The van der Waals surface area contributed by atoms with Gasteiger partial charge < -0.3 is 4.74 Å². The van der Waals surface area contributed by atoms with E-state index < -0.39 is 6.10 Å². The molecule has 0 fully saturated rings. The second kappa shape index (κ2) is 10.5. The maximum atomic E-state index is 11.5. The number of rotatable bonds is 6. The molecule has 2 aromatic rings. The molecular formula is C19H19BrO4. The number of Topliss-reactive ketones (excluding diaryl/α,β-unsaturated/α-hetero) is 2. The molecule has 0 saturated heterocycles. The van der Waals surface area contributed by atoms with E-state index in [-0.39, 0.29) is 22.9 Å². The molecule has 0 aliphatic carbocycles. The third-order valence-electron chi connectivity index (χ3n) is 3.11. The highest BCUT2D eigenvalue weighted by molar-refractivity contribution is 9.10. The van der Waals surface area contributed by atoms with Crippen molar-refractivity contribution >= 4 is 34.0 Å². The summed E-state index contributed by atoms with van der Waals surface area (Å²) < 4.78 is 4.53. The molecule has 126 valence electrons. The van der Waals surface area contributed by atoms with E-state index in [1.54, 1.807) is 31.2 Å². The molecule has 5 heteroatoms. The normalized spacial score (nSPS) is 12.1. The quantitative estimate of drug-likeness (QED) is 0.423. The van der Waals surface area contributed by atoms with Crippen molar-refractivity contribution in [2.45, 2.75) is 24.8 Å². The van der Waals surface area contributed by atoms with Crippen molar-refractivity contribution in [3.63, 3.8) is 0 Å². The standard InChI is InChI=1S/C10H10O3.C9H9BrO/c1-8(13-7-11)10(12)9-5-3-2-4-6-9;1-7(10)9(11)8-5-3-2-4-6-8/h2-8H,1H3;2-7H,1H3. The molecule has 0 N–H and O–H groups in total. The Morgan fingerprint density at radius 2 is 1.29 bits per heavy atom. The first-order valence-corrected chi connectivity index (χ1v) is 8.30. The molecule has 0 aromatic heterocycles. The van der Waals surface area contributed by atoms with Gasteiger partial charge in [-0.15, -0.1) is 0 Å². The molecule has 2 unspecified atom stereocenters. The van der Waals surface area contributed by atoms with Gasteiger partial charge in [0.15, 0.2) is 11.9 Å². The van der Waals surface area contributed by atoms with Crippen molar-refractivity contribution in [1.29, 1.82) is 0 Å². The number of alkyl halides is 1. The van der Waals surface area contributed by atoms with Gasteiger partial charge in [0.25, 0.3) is 6.47 Å². The number of benzene rings is 2. The zero-order chi connectivity index (χ0) is 17.9. The summed E-state index contributed by atoms with van der Waals surface area (Å²) in [7, 11) is 0. The van der Waals surface area contributed by atoms with Gasteiger partial charge in [0.1, 0.15) is 0 Å². The van der Waals surface area contributed by atoms with Crippen LogP contribution in [-0.2, 0) is 9.53 Å². The van der Waals surface area contributed by atoms with Crippen LogP contribution >= 0.6 is 15.9 Å². The molecule has 0 radical (unpaired) electrons. The van der Waals surface area contributed by atoms with E-state index in [4.69, 9.17) is 0 Å². The number of carbonyl (C=O) groups is 3. The molecule has 4 nitrogen and oxygen atoms in total. The first-order valence-electron chi connectivity index (χ1n) is 7.39. The predicted octanol–water partition coefficient (Wildman–Crippen LogP) is 4.08. The van der Waals surface area contributed by atoms with Crippen molar-refractivity contribution in [1.82, 2.24) is 0 Å². The largest absolute Gasteiger partial charge is 0.456 e. The van der Waals surface area contributed by atoms with Crippen molar-refractivity contribution in [3.8, 4) is 0 Å². The molecule has 0 spiro atoms. The number of carbonyl (C=O) groups excluding carboxylic acids is 3. The molecule has 0 amide bonds. The number of halogens is 1. The summed E-state index contributed by atoms with van der Waals surface area (Å²) in [6.07, 6.45) is -0.708. The van der Waals surface area contributed by atoms with E-state index in [1.165, 1.54) is 0 Å². The lowest BCUT2D eigenvalue weighted by Crippen LogP contribution is -2.19. The zero-order valence-electron chi connectivity index (χ0n) is 13.5. The highest BCUT2D eigenvalue weighted by Gasteiger charge is 2.14. The third kappa shape index (κ3) is 6.46. The van der Waals surface area contributed by atoms with E-state index >= 15 is 0 Å². The van der Waals surface area contributed by atoms with Crippen LogP contribution in [0.15, 0.2) is 60.7 Å². The first kappa shape index (κ1) is 19.8. The molecule has 2 rings (SSSR count). The molecular weight excluding hydrogens is 372 g/mol. The van der Waals surface area contributed by atoms with Crippen LogP contribution in [0.1, 0.15) is 34.6 Å². The maximum absolute atomic E-state index is 11.5. The molecule has 0 aliphatic heterocycles. The Hall–Kier alpha value is -2.27. The number of hydrogen-bond donors (Lipinski definition) is 0. The molecule has 24 heavy (non-hydrogen) atoms. The lowest BCUT2D eigenvalue weighted by Gasteiger charge is -2.07. The fourth-order valence-electron chi connectivity index (χ4n) is 1.81. The fourth-order valence-corrected chi connectivity index (χ4v) is 2.08. The Balaban J connectivity index is 0.000000243. The average molecular weight is 391 g/mol. The Morgan fingerprint density at radius 3 is 1.67 bits per heavy atom. The van der Waals surface area contributed by atoms with Gasteiger partial charge in [-0.1, -0.05) is 76.6 Å². The predicted molar refractivity (Wildman–Crippen MR) is 96.5 cm³/mol. The molecule has 2 atom stereocenters. The first-order chi connectivity index (χ1) is 11.5. The van der Waals surface area contributed by atoms with E-state index in [0.717, 1.165) is 5.56 Å². The van der Waals surface area contributed by atoms with E-state index in [1.807, 2.05) is 43.3 Å². The van der Waals surface area contributed by atoms with Gasteiger partial charge >= 0.3 is 0 Å². The minimum Gasteiger partial charge on any atom is -0.456 e. The van der Waals surface area contributed by atoms with Crippen molar-refractivity contribution < 1.29 is 19.1 Å². The molecule has 0 bridgehead atoms. The Bertz CT molecular complexity index is 654. The summed E-state index contributed by atoms with van der Waals surface area (Å²) in [6, 6.07) is 18.0. The van der Waals surface area contributed by atoms with Gasteiger partial charge in [0.2, 0.25) is 5.78 Å². The summed E-state index contributed by atoms with van der Waals surface area (Å²) in [5.74, 6) is -0.0571. The second-order valence-corrected chi connectivity index (χ2v) is 6.32. The fraction of sp³-hybridized carbons (Fsp3) is 0.211. The monoisotopic (exact) mass is 390 g/mol. The number of hydrogen-bond acceptors (Lipinski definition) is 4. The zero-order valence-corrected chi connectivity index (χ0v) is 15.1. The van der Waals surface area contributed by atoms with Crippen LogP contribution < -0.4 is 0 Å². The minimum absolute atomic E-state index is 0.0927. The number of ether oxygens (including phenoxy) is 1. The van der Waals surface area contributed by atoms with Crippen LogP contribution in [0.5, 0.6) is 0 Å². The number of ketones is 2. The van der Waals surface area contributed by atoms with Crippen molar-refractivity contribution in [2.24, 2.45) is 0 Å². The van der Waals surface area contributed by atoms with Crippen LogP contribution in [0, 0.1) is 0 Å². The van der Waals surface area contributed by atoms with Gasteiger partial charge in [-0.25, -0.2) is 0 Å². The summed E-state index contributed by atoms with van der Waals surface area (Å²) in [6.45, 7) is 3.66. The molecule has 0 saturated carbocycles. The van der Waals surface area contributed by atoms with Gasteiger partial charge in [-0.2, -0.15) is 0 Å². The topological polar surface area (TPSA) is 60.4 Å². The summed E-state index contributed by atoms with van der Waals surface area (Å²) in [4.78, 5) is 32.6. The summed E-state index contributed by atoms with van der Waals surface area (Å²) in [5, 5.41) is 0. The highest BCUT2D eigenvalue weighted by Crippen LogP contribution is 2.08. The average Bonchev–Trinajstić information content (AvgIpc) is 2.62. The summed E-state index contributed by atoms with van der Waals surface area (Å²) in [5.41, 5.74) is 1.31. The van der Waals surface area contributed by atoms with Crippen LogP contribution in [0.4, 0.5) is 0 Å². The van der Waals surface area contributed by atoms with Gasteiger partial charge in [-0.05, 0) is 13.8 Å². The van der Waals surface area contributed by atoms with Crippen LogP contribution in [0.25, 0.3) is 0 Å². The Kier molecular flexibility index (Phi) is 8.65. The van der Waals surface area contributed by atoms with Gasteiger partial charge in [-0.3, -0.25) is 14.4 Å². The second-order valence-electron chi connectivity index (χ2n) is 4.95. The highest BCUT2D eigenvalue weighted by atomic mass is 79.9. The smallest absolute Gasteiger partial charge is 0.293 e. The maximum Gasteiger partial charge on any atom is 0.293 e. The molecule has 0 aliphatic rings. The van der Waals surface area contributed by atoms with Gasteiger partial charge in [0.05, 0.1) is 4.83 Å². The van der Waals surface area contributed by atoms with Crippen LogP contribution in [0.3, 0.4) is 0 Å². The van der Waals surface area contributed by atoms with Crippen molar-refractivity contribution in [3.05, 3.63) is 71.8 Å². The summed E-state index contributed by atoms with van der Waals surface area (Å²) >= 11 is 3.23.